The van der Waals surface area contributed by atoms with Crippen LogP contribution in [0.2, 0.25) is 0 Å². The molecule has 0 bridgehead atoms. The van der Waals surface area contributed by atoms with Crippen molar-refractivity contribution in [2.45, 2.75) is 0 Å². The van der Waals surface area contributed by atoms with Crippen LogP contribution in [0.1, 0.15) is 20.7 Å². The second kappa shape index (κ2) is 6.56. The van der Waals surface area contributed by atoms with Crippen molar-refractivity contribution in [1.29, 1.82) is 0 Å². The van der Waals surface area contributed by atoms with Crippen LogP contribution in [0.3, 0.4) is 0 Å². The number of hydrogen-bond donors (Lipinski definition) is 1. The largest absolute Gasteiger partial charge is 0.507 e. The van der Waals surface area contributed by atoms with E-state index in [2.05, 4.69) is 0 Å². The Kier molecular flexibility index (Phi) is 4.56. The molecule has 5 nitrogen and oxygen atoms in total. The number of para-hydroxylation sites is 1. The monoisotopic (exact) mass is 286 g/mol. The van der Waals surface area contributed by atoms with Gasteiger partial charge in [0.2, 0.25) is 0 Å². The quantitative estimate of drug-likeness (QED) is 0.675. The van der Waals surface area contributed by atoms with Crippen molar-refractivity contribution in [3.8, 4) is 11.5 Å². The van der Waals surface area contributed by atoms with E-state index < -0.39 is 12.6 Å². The van der Waals surface area contributed by atoms with E-state index in [1.807, 2.05) is 0 Å². The van der Waals surface area contributed by atoms with Gasteiger partial charge in [0.25, 0.3) is 0 Å². The molecule has 2 aromatic rings. The number of phenols is 1. The summed E-state index contributed by atoms with van der Waals surface area (Å²) in [6.07, 6.45) is 0. The summed E-state index contributed by atoms with van der Waals surface area (Å²) in [5, 5.41) is 9.53. The van der Waals surface area contributed by atoms with Gasteiger partial charge in [-0.05, 0) is 24.3 Å². The van der Waals surface area contributed by atoms with Crippen LogP contribution in [0.5, 0.6) is 11.5 Å². The van der Waals surface area contributed by atoms with Gasteiger partial charge in [0.1, 0.15) is 17.1 Å². The number of carbonyl (C=O) groups excluding carboxylic acids is 2. The Morgan fingerprint density at radius 1 is 1.10 bits per heavy atom. The Bertz CT molecular complexity index is 663. The van der Waals surface area contributed by atoms with E-state index in [1.165, 1.54) is 19.2 Å². The number of aromatic hydroxyl groups is 1. The zero-order chi connectivity index (χ0) is 15.2. The molecule has 0 saturated carbocycles. The molecule has 2 rings (SSSR count). The fraction of sp³-hybridized carbons (Fsp3) is 0.125. The average molecular weight is 286 g/mol. The third-order valence-corrected chi connectivity index (χ3v) is 2.85. The lowest BCUT2D eigenvalue weighted by molar-refractivity contribution is 0.0472. The van der Waals surface area contributed by atoms with Crippen LogP contribution < -0.4 is 4.74 Å². The van der Waals surface area contributed by atoms with Gasteiger partial charge in [-0.3, -0.25) is 4.79 Å². The first kappa shape index (κ1) is 14.6. The van der Waals surface area contributed by atoms with Gasteiger partial charge < -0.3 is 14.6 Å². The number of hydrogen-bond acceptors (Lipinski definition) is 5. The second-order valence-electron chi connectivity index (χ2n) is 4.25. The summed E-state index contributed by atoms with van der Waals surface area (Å²) in [5.41, 5.74) is 0.412. The number of ether oxygens (including phenoxy) is 2. The molecule has 0 aromatic heterocycles. The third kappa shape index (κ3) is 3.60. The second-order valence-corrected chi connectivity index (χ2v) is 4.25. The van der Waals surface area contributed by atoms with E-state index in [0.717, 1.165) is 0 Å². The predicted molar refractivity (Wildman–Crippen MR) is 75.7 cm³/mol. The van der Waals surface area contributed by atoms with Crippen LogP contribution in [0.4, 0.5) is 0 Å². The Balaban J connectivity index is 2.01. The number of esters is 1. The van der Waals surface area contributed by atoms with Crippen LogP contribution in [-0.4, -0.2) is 30.6 Å². The Labute approximate surface area is 121 Å². The fourth-order valence-electron chi connectivity index (χ4n) is 1.73. The molecule has 21 heavy (non-hydrogen) atoms. The third-order valence-electron chi connectivity index (χ3n) is 2.85. The minimum atomic E-state index is -0.746. The minimum absolute atomic E-state index is 0.0240. The summed E-state index contributed by atoms with van der Waals surface area (Å²) < 4.78 is 9.93. The highest BCUT2D eigenvalue weighted by molar-refractivity contribution is 6.00. The molecule has 2 aromatic carbocycles. The molecule has 0 amide bonds. The molecule has 0 radical (unpaired) electrons. The van der Waals surface area contributed by atoms with Crippen molar-refractivity contribution in [2.24, 2.45) is 0 Å². The Morgan fingerprint density at radius 3 is 2.57 bits per heavy atom. The molecule has 0 aliphatic carbocycles. The zero-order valence-corrected chi connectivity index (χ0v) is 11.4. The first-order valence-corrected chi connectivity index (χ1v) is 6.24. The zero-order valence-electron chi connectivity index (χ0n) is 11.4. The lowest BCUT2D eigenvalue weighted by atomic mass is 10.1. The number of ketones is 1. The number of benzene rings is 2. The smallest absolute Gasteiger partial charge is 0.342 e. The van der Waals surface area contributed by atoms with E-state index in [0.29, 0.717) is 11.3 Å². The fourth-order valence-corrected chi connectivity index (χ4v) is 1.73. The summed E-state index contributed by atoms with van der Waals surface area (Å²) in [6, 6.07) is 12.6. The van der Waals surface area contributed by atoms with Crippen molar-refractivity contribution < 1.29 is 24.2 Å². The highest BCUT2D eigenvalue weighted by Crippen LogP contribution is 2.17. The summed E-state index contributed by atoms with van der Waals surface area (Å²) in [5.74, 6) is -0.730. The van der Waals surface area contributed by atoms with Crippen LogP contribution >= 0.6 is 0 Å². The lowest BCUT2D eigenvalue weighted by Crippen LogP contribution is -2.14. The first-order valence-electron chi connectivity index (χ1n) is 6.24. The molecule has 0 heterocycles. The molecule has 0 spiro atoms. The molecule has 0 atom stereocenters. The predicted octanol–water partition coefficient (Wildman–Crippen LogP) is 2.44. The number of Topliss-reactive ketones (excluding diaryl/α,β-unsaturated/α-hetero) is 1. The van der Waals surface area contributed by atoms with Gasteiger partial charge in [0, 0.05) is 5.56 Å². The topological polar surface area (TPSA) is 72.8 Å². The Hall–Kier alpha value is -2.82. The average Bonchev–Trinajstić information content (AvgIpc) is 2.52. The molecule has 0 aliphatic rings. The van der Waals surface area contributed by atoms with Gasteiger partial charge in [-0.2, -0.15) is 0 Å². The van der Waals surface area contributed by atoms with Gasteiger partial charge in [0.05, 0.1) is 7.11 Å². The van der Waals surface area contributed by atoms with Gasteiger partial charge in [-0.15, -0.1) is 0 Å². The normalized spacial score (nSPS) is 9.95. The molecule has 5 heteroatoms. The van der Waals surface area contributed by atoms with Gasteiger partial charge >= 0.3 is 5.97 Å². The van der Waals surface area contributed by atoms with E-state index >= 15 is 0 Å². The number of methoxy groups -OCH3 is 1. The summed E-state index contributed by atoms with van der Waals surface area (Å²) in [6.45, 7) is -0.402. The van der Waals surface area contributed by atoms with Crippen LogP contribution in [0.15, 0.2) is 48.5 Å². The lowest BCUT2D eigenvalue weighted by Gasteiger charge is -2.06. The van der Waals surface area contributed by atoms with Crippen LogP contribution in [0.25, 0.3) is 0 Å². The van der Waals surface area contributed by atoms with Crippen LogP contribution in [-0.2, 0) is 4.74 Å². The molecule has 108 valence electrons. The maximum Gasteiger partial charge on any atom is 0.342 e. The van der Waals surface area contributed by atoms with Crippen molar-refractivity contribution >= 4 is 11.8 Å². The number of rotatable bonds is 5. The summed E-state index contributed by atoms with van der Waals surface area (Å²) >= 11 is 0. The molecular formula is C16H14O5. The van der Waals surface area contributed by atoms with Crippen LogP contribution in [0, 0.1) is 0 Å². The van der Waals surface area contributed by atoms with Gasteiger partial charge in [-0.1, -0.05) is 24.3 Å². The van der Waals surface area contributed by atoms with E-state index in [1.54, 1.807) is 36.4 Å². The molecule has 1 N–H and O–H groups in total. The first-order chi connectivity index (χ1) is 10.1. The molecular weight excluding hydrogens is 272 g/mol. The minimum Gasteiger partial charge on any atom is -0.507 e. The molecule has 0 unspecified atom stereocenters. The Morgan fingerprint density at radius 2 is 1.86 bits per heavy atom. The highest BCUT2D eigenvalue weighted by Gasteiger charge is 2.14. The van der Waals surface area contributed by atoms with Gasteiger partial charge in [-0.25, -0.2) is 4.79 Å². The highest BCUT2D eigenvalue weighted by atomic mass is 16.5. The SMILES string of the molecule is COc1cccc(C(=O)COC(=O)c2ccccc2O)c1. The summed E-state index contributed by atoms with van der Waals surface area (Å²) in [4.78, 5) is 23.7. The van der Waals surface area contributed by atoms with Crippen molar-refractivity contribution in [3.63, 3.8) is 0 Å². The van der Waals surface area contributed by atoms with Crippen molar-refractivity contribution in [2.75, 3.05) is 13.7 Å². The maximum absolute atomic E-state index is 11.9. The molecule has 0 saturated heterocycles. The van der Waals surface area contributed by atoms with E-state index in [9.17, 15) is 14.7 Å². The number of phenolic OH excluding ortho intramolecular Hbond substituents is 1. The number of carbonyl (C=O) groups is 2. The summed E-state index contributed by atoms with van der Waals surface area (Å²) in [7, 11) is 1.50. The maximum atomic E-state index is 11.9. The van der Waals surface area contributed by atoms with Crippen molar-refractivity contribution in [3.05, 3.63) is 59.7 Å². The van der Waals surface area contributed by atoms with Crippen molar-refractivity contribution in [1.82, 2.24) is 0 Å². The standard InChI is InChI=1S/C16H14O5/c1-20-12-6-4-5-11(9-12)15(18)10-21-16(19)13-7-2-3-8-14(13)17/h2-9,17H,10H2,1H3. The van der Waals surface area contributed by atoms with E-state index in [4.69, 9.17) is 9.47 Å². The molecule has 0 aliphatic heterocycles. The molecule has 0 fully saturated rings. The van der Waals surface area contributed by atoms with Gasteiger partial charge in [0.15, 0.2) is 12.4 Å². The van der Waals surface area contributed by atoms with E-state index in [-0.39, 0.29) is 17.1 Å².